The van der Waals surface area contributed by atoms with Gasteiger partial charge in [-0.3, -0.25) is 4.90 Å². The van der Waals surface area contributed by atoms with Gasteiger partial charge in [-0.15, -0.1) is 11.8 Å². The van der Waals surface area contributed by atoms with Gasteiger partial charge in [-0.1, -0.05) is 48.9 Å². The zero-order valence-electron chi connectivity index (χ0n) is 18.6. The third kappa shape index (κ3) is 3.54. The molecule has 2 aromatic carbocycles. The molecule has 0 spiro atoms. The van der Waals surface area contributed by atoms with Crippen LogP contribution in [0.1, 0.15) is 36.0 Å². The first-order chi connectivity index (χ1) is 16.1. The van der Waals surface area contributed by atoms with E-state index >= 15 is 0 Å². The lowest BCUT2D eigenvalue weighted by atomic mass is 9.76. The van der Waals surface area contributed by atoms with Crippen molar-refractivity contribution in [2.75, 3.05) is 26.2 Å². The van der Waals surface area contributed by atoms with E-state index in [9.17, 15) is 10.2 Å². The maximum absolute atomic E-state index is 12.3. The summed E-state index contributed by atoms with van der Waals surface area (Å²) in [6, 6.07) is 16.1. The molecule has 3 unspecified atom stereocenters. The molecule has 5 heteroatoms. The summed E-state index contributed by atoms with van der Waals surface area (Å²) in [6.07, 6.45) is 9.60. The van der Waals surface area contributed by atoms with Crippen LogP contribution in [0, 0.1) is 5.92 Å². The van der Waals surface area contributed by atoms with E-state index in [0.29, 0.717) is 12.4 Å². The summed E-state index contributed by atoms with van der Waals surface area (Å²) >= 11 is 1.74. The second kappa shape index (κ2) is 8.39. The van der Waals surface area contributed by atoms with Crippen LogP contribution in [0.3, 0.4) is 0 Å². The van der Waals surface area contributed by atoms with Crippen LogP contribution in [0.4, 0.5) is 0 Å². The fourth-order valence-electron chi connectivity index (χ4n) is 5.69. The Balaban J connectivity index is 1.27. The highest BCUT2D eigenvalue weighted by molar-refractivity contribution is 8.09. The van der Waals surface area contributed by atoms with Gasteiger partial charge in [-0.25, -0.2) is 0 Å². The van der Waals surface area contributed by atoms with Crippen molar-refractivity contribution in [2.24, 2.45) is 5.92 Å². The Morgan fingerprint density at radius 3 is 2.64 bits per heavy atom. The molecule has 2 aliphatic heterocycles. The highest BCUT2D eigenvalue weighted by Crippen LogP contribution is 2.62. The molecule has 0 radical (unpaired) electrons. The fraction of sp³-hybridized carbons (Fsp3) is 0.357. The Kier molecular flexibility index (Phi) is 5.36. The molecule has 2 N–H and O–H groups in total. The van der Waals surface area contributed by atoms with Crippen molar-refractivity contribution in [3.63, 3.8) is 0 Å². The smallest absolute Gasteiger partial charge is 0.139 e. The third-order valence-electron chi connectivity index (χ3n) is 7.34. The first-order valence-corrected chi connectivity index (χ1v) is 12.8. The van der Waals surface area contributed by atoms with Crippen molar-refractivity contribution in [3.8, 4) is 5.75 Å². The number of nitrogens with zero attached hydrogens (tertiary/aromatic N) is 1. The van der Waals surface area contributed by atoms with Crippen LogP contribution in [0.15, 0.2) is 78.1 Å². The van der Waals surface area contributed by atoms with Crippen molar-refractivity contribution >= 4 is 16.7 Å². The maximum atomic E-state index is 12.3. The Hall–Kier alpha value is -2.47. The number of ether oxygens (including phenoxy) is 1. The average Bonchev–Trinajstić information content (AvgIpc) is 3.34. The van der Waals surface area contributed by atoms with Crippen LogP contribution in [-0.4, -0.2) is 46.6 Å². The van der Waals surface area contributed by atoms with Crippen molar-refractivity contribution in [2.45, 2.75) is 30.1 Å². The molecular weight excluding hydrogens is 430 g/mol. The molecule has 2 aromatic rings. The minimum atomic E-state index is -1.18. The molecule has 2 heterocycles. The lowest BCUT2D eigenvalue weighted by Gasteiger charge is -2.33. The minimum absolute atomic E-state index is 0.0544. The number of aliphatic hydroxyl groups is 2. The fourth-order valence-corrected chi connectivity index (χ4v) is 7.26. The van der Waals surface area contributed by atoms with Crippen LogP contribution in [0.25, 0.3) is 4.91 Å². The van der Waals surface area contributed by atoms with Gasteiger partial charge < -0.3 is 14.9 Å². The maximum Gasteiger partial charge on any atom is 0.139 e. The van der Waals surface area contributed by atoms with Gasteiger partial charge in [-0.2, -0.15) is 0 Å². The molecule has 170 valence electrons. The monoisotopic (exact) mass is 459 g/mol. The first kappa shape index (κ1) is 21.1. The molecule has 4 aliphatic rings. The zero-order chi connectivity index (χ0) is 22.4. The van der Waals surface area contributed by atoms with Crippen molar-refractivity contribution in [3.05, 3.63) is 94.8 Å². The third-order valence-corrected chi connectivity index (χ3v) is 8.72. The molecule has 1 fully saturated rings. The van der Waals surface area contributed by atoms with E-state index in [2.05, 4.69) is 11.0 Å². The predicted molar refractivity (Wildman–Crippen MR) is 133 cm³/mol. The van der Waals surface area contributed by atoms with Crippen LogP contribution in [0.5, 0.6) is 5.75 Å². The van der Waals surface area contributed by atoms with Crippen molar-refractivity contribution < 1.29 is 14.9 Å². The minimum Gasteiger partial charge on any atom is -0.508 e. The molecule has 33 heavy (non-hydrogen) atoms. The predicted octanol–water partition coefficient (Wildman–Crippen LogP) is 5.26. The largest absolute Gasteiger partial charge is 0.508 e. The Bertz CT molecular complexity index is 1150. The van der Waals surface area contributed by atoms with E-state index in [1.807, 2.05) is 54.6 Å². The van der Waals surface area contributed by atoms with Gasteiger partial charge in [0.25, 0.3) is 0 Å². The van der Waals surface area contributed by atoms with Gasteiger partial charge in [0.15, 0.2) is 0 Å². The van der Waals surface area contributed by atoms with E-state index in [1.54, 1.807) is 17.8 Å². The lowest BCUT2D eigenvalue weighted by Crippen LogP contribution is -2.33. The van der Waals surface area contributed by atoms with E-state index in [-0.39, 0.29) is 11.2 Å². The normalized spacial score (nSPS) is 28.3. The van der Waals surface area contributed by atoms with Gasteiger partial charge in [0.05, 0.1) is 0 Å². The van der Waals surface area contributed by atoms with Gasteiger partial charge in [0.2, 0.25) is 0 Å². The standard InChI is InChI=1S/C28H29NO3S/c30-20-10-13-23-25(18-20)33-27-22-6-2-3-7-24(22)28(31,26(23)27)19-8-11-21(12-9-19)32-17-16-29-14-4-1-5-15-29/h2-3,6-13,18,23,25,30-31H,1,4-5,14-17H2. The molecule has 4 nitrogen and oxygen atoms in total. The highest BCUT2D eigenvalue weighted by Gasteiger charge is 2.53. The molecule has 3 atom stereocenters. The number of likely N-dealkylation sites (tertiary alicyclic amines) is 1. The van der Waals surface area contributed by atoms with E-state index in [4.69, 9.17) is 4.74 Å². The number of allylic oxidation sites excluding steroid dienone is 2. The second-order valence-electron chi connectivity index (χ2n) is 9.33. The number of piperidine rings is 1. The molecule has 1 saturated heterocycles. The number of hydrogen-bond donors (Lipinski definition) is 2. The average molecular weight is 460 g/mol. The molecule has 0 aromatic heterocycles. The van der Waals surface area contributed by atoms with Gasteiger partial charge in [-0.05, 0) is 66.9 Å². The summed E-state index contributed by atoms with van der Waals surface area (Å²) in [5.74, 6) is 1.19. The summed E-state index contributed by atoms with van der Waals surface area (Å²) in [7, 11) is 0. The lowest BCUT2D eigenvalue weighted by molar-refractivity contribution is 0.116. The SMILES string of the molecule is OC1=CC2SC3=C(C2C=C1)C(O)(c1ccc(OCCN2CCCCC2)cc1)c1ccccc13. The molecule has 0 amide bonds. The first-order valence-electron chi connectivity index (χ1n) is 11.9. The number of benzene rings is 2. The van der Waals surface area contributed by atoms with Crippen LogP contribution < -0.4 is 4.74 Å². The number of fused-ring (bicyclic) bond motifs is 4. The number of aliphatic hydroxyl groups excluding tert-OH is 1. The van der Waals surface area contributed by atoms with Crippen LogP contribution in [-0.2, 0) is 5.60 Å². The number of rotatable bonds is 5. The quantitative estimate of drug-likeness (QED) is 0.639. The molecule has 0 bridgehead atoms. The molecular formula is C28H29NO3S. The summed E-state index contributed by atoms with van der Waals surface area (Å²) < 4.78 is 6.03. The van der Waals surface area contributed by atoms with E-state index < -0.39 is 5.60 Å². The van der Waals surface area contributed by atoms with Gasteiger partial charge >= 0.3 is 0 Å². The Morgan fingerprint density at radius 1 is 1.03 bits per heavy atom. The van der Waals surface area contributed by atoms with Gasteiger partial charge in [0, 0.05) is 28.2 Å². The van der Waals surface area contributed by atoms with E-state index in [1.165, 1.54) is 32.4 Å². The van der Waals surface area contributed by atoms with Gasteiger partial charge in [0.1, 0.15) is 23.7 Å². The highest BCUT2D eigenvalue weighted by atomic mass is 32.2. The Labute approximate surface area is 199 Å². The summed E-state index contributed by atoms with van der Waals surface area (Å²) in [6.45, 7) is 3.99. The summed E-state index contributed by atoms with van der Waals surface area (Å²) in [4.78, 5) is 3.61. The molecule has 0 saturated carbocycles. The van der Waals surface area contributed by atoms with Crippen molar-refractivity contribution in [1.29, 1.82) is 0 Å². The van der Waals surface area contributed by atoms with E-state index in [0.717, 1.165) is 39.5 Å². The summed E-state index contributed by atoms with van der Waals surface area (Å²) in [5.41, 5.74) is 2.73. The topological polar surface area (TPSA) is 52.9 Å². The second-order valence-corrected chi connectivity index (χ2v) is 10.5. The van der Waals surface area contributed by atoms with Crippen LogP contribution in [0.2, 0.25) is 0 Å². The Morgan fingerprint density at radius 2 is 1.82 bits per heavy atom. The zero-order valence-corrected chi connectivity index (χ0v) is 19.4. The molecule has 6 rings (SSSR count). The van der Waals surface area contributed by atoms with Crippen LogP contribution >= 0.6 is 11.8 Å². The van der Waals surface area contributed by atoms with Crippen molar-refractivity contribution in [1.82, 2.24) is 4.90 Å². The summed E-state index contributed by atoms with van der Waals surface area (Å²) in [5, 5.41) is 22.4. The number of hydrogen-bond acceptors (Lipinski definition) is 5. The number of thioether (sulfide) groups is 1. The molecule has 2 aliphatic carbocycles.